The van der Waals surface area contributed by atoms with Gasteiger partial charge in [0.25, 0.3) is 0 Å². The highest BCUT2D eigenvalue weighted by atomic mass is 35.5. The molecular formula is C12H12ClNO2. The van der Waals surface area contributed by atoms with Crippen molar-refractivity contribution in [2.24, 2.45) is 10.9 Å². The molecule has 1 atom stereocenters. The average molecular weight is 238 g/mol. The van der Waals surface area contributed by atoms with E-state index in [0.29, 0.717) is 18.1 Å². The lowest BCUT2D eigenvalue weighted by Gasteiger charge is -2.17. The second-order valence-electron chi connectivity index (χ2n) is 3.61. The highest BCUT2D eigenvalue weighted by molar-refractivity contribution is 6.30. The van der Waals surface area contributed by atoms with Gasteiger partial charge in [-0.05, 0) is 31.0 Å². The van der Waals surface area contributed by atoms with E-state index in [2.05, 4.69) is 4.99 Å². The molecule has 0 saturated carbocycles. The Hall–Kier alpha value is -1.35. The van der Waals surface area contributed by atoms with Crippen molar-refractivity contribution in [3.05, 3.63) is 28.8 Å². The van der Waals surface area contributed by atoms with Gasteiger partial charge >= 0.3 is 5.97 Å². The smallest absolute Gasteiger partial charge is 0.314 e. The van der Waals surface area contributed by atoms with E-state index in [0.717, 1.165) is 11.3 Å². The van der Waals surface area contributed by atoms with E-state index in [-0.39, 0.29) is 11.9 Å². The zero-order valence-corrected chi connectivity index (χ0v) is 9.70. The summed E-state index contributed by atoms with van der Waals surface area (Å²) in [7, 11) is 0. The molecule has 1 aliphatic heterocycles. The lowest BCUT2D eigenvalue weighted by atomic mass is 9.96. The van der Waals surface area contributed by atoms with Gasteiger partial charge in [-0.3, -0.25) is 9.79 Å². The number of benzene rings is 1. The van der Waals surface area contributed by atoms with Crippen LogP contribution in [0.3, 0.4) is 0 Å². The van der Waals surface area contributed by atoms with Gasteiger partial charge in [-0.15, -0.1) is 0 Å². The molecule has 0 N–H and O–H groups in total. The minimum Gasteiger partial charge on any atom is -0.465 e. The highest BCUT2D eigenvalue weighted by Gasteiger charge is 2.22. The summed E-state index contributed by atoms with van der Waals surface area (Å²) in [4.78, 5) is 15.8. The van der Waals surface area contributed by atoms with E-state index in [1.54, 1.807) is 19.2 Å². The zero-order chi connectivity index (χ0) is 11.5. The molecule has 16 heavy (non-hydrogen) atoms. The summed E-state index contributed by atoms with van der Waals surface area (Å²) in [5, 5.41) is 0.658. The number of halogens is 1. The van der Waals surface area contributed by atoms with Gasteiger partial charge in [0.1, 0.15) is 0 Å². The van der Waals surface area contributed by atoms with Crippen molar-refractivity contribution in [1.29, 1.82) is 0 Å². The van der Waals surface area contributed by atoms with Crippen molar-refractivity contribution in [2.75, 3.05) is 6.61 Å². The summed E-state index contributed by atoms with van der Waals surface area (Å²) in [5.41, 5.74) is 1.87. The first-order valence-electron chi connectivity index (χ1n) is 5.20. The van der Waals surface area contributed by atoms with Gasteiger partial charge in [-0.25, -0.2) is 0 Å². The molecule has 1 aromatic carbocycles. The summed E-state index contributed by atoms with van der Waals surface area (Å²) in [6.07, 6.45) is 2.27. The zero-order valence-electron chi connectivity index (χ0n) is 8.94. The number of esters is 1. The summed E-state index contributed by atoms with van der Waals surface area (Å²) < 4.78 is 4.96. The Labute approximate surface area is 99.1 Å². The number of aliphatic imine (C=N–C) groups is 1. The van der Waals surface area contributed by atoms with E-state index in [9.17, 15) is 4.79 Å². The molecule has 3 nitrogen and oxygen atoms in total. The molecule has 1 aromatic rings. The molecule has 0 saturated heterocycles. The molecule has 84 valence electrons. The summed E-state index contributed by atoms with van der Waals surface area (Å²) in [6.45, 7) is 2.20. The lowest BCUT2D eigenvalue weighted by Crippen LogP contribution is -2.23. The number of rotatable bonds is 2. The number of carbonyl (C=O) groups is 1. The van der Waals surface area contributed by atoms with E-state index < -0.39 is 0 Å². The van der Waals surface area contributed by atoms with Crippen molar-refractivity contribution in [2.45, 2.75) is 13.3 Å². The van der Waals surface area contributed by atoms with Crippen molar-refractivity contribution >= 4 is 29.5 Å². The molecule has 4 heteroatoms. The second kappa shape index (κ2) is 4.66. The fraction of sp³-hybridized carbons (Fsp3) is 0.333. The molecule has 0 amide bonds. The number of nitrogens with zero attached hydrogens (tertiary/aromatic N) is 1. The molecule has 1 aliphatic rings. The van der Waals surface area contributed by atoms with Crippen molar-refractivity contribution in [3.63, 3.8) is 0 Å². The van der Waals surface area contributed by atoms with Gasteiger partial charge in [0.2, 0.25) is 0 Å². The Bertz CT molecular complexity index is 443. The monoisotopic (exact) mass is 237 g/mol. The van der Waals surface area contributed by atoms with Gasteiger partial charge in [-0.1, -0.05) is 17.7 Å². The molecule has 0 aliphatic carbocycles. The molecule has 0 spiro atoms. The van der Waals surface area contributed by atoms with Crippen LogP contribution in [0.2, 0.25) is 5.02 Å². The normalized spacial score (nSPS) is 18.0. The SMILES string of the molecule is CCOC(=O)C1C=Nc2cc(Cl)ccc2C1. The first-order chi connectivity index (χ1) is 7.70. The summed E-state index contributed by atoms with van der Waals surface area (Å²) in [6, 6.07) is 5.51. The van der Waals surface area contributed by atoms with Crippen molar-refractivity contribution < 1.29 is 9.53 Å². The standard InChI is InChI=1S/C12H12ClNO2/c1-2-16-12(15)9-5-8-3-4-10(13)6-11(8)14-7-9/h3-4,6-7,9H,2,5H2,1H3. The average Bonchev–Trinajstić information content (AvgIpc) is 2.28. The molecule has 1 unspecified atom stereocenters. The number of fused-ring (bicyclic) bond motifs is 1. The molecule has 1 heterocycles. The van der Waals surface area contributed by atoms with E-state index in [1.165, 1.54) is 0 Å². The van der Waals surface area contributed by atoms with Crippen LogP contribution in [-0.2, 0) is 16.0 Å². The summed E-state index contributed by atoms with van der Waals surface area (Å²) >= 11 is 5.86. The molecule has 0 bridgehead atoms. The Kier molecular flexibility index (Phi) is 3.25. The number of hydrogen-bond donors (Lipinski definition) is 0. The Morgan fingerprint density at radius 3 is 3.19 bits per heavy atom. The van der Waals surface area contributed by atoms with E-state index >= 15 is 0 Å². The van der Waals surface area contributed by atoms with Gasteiger partial charge in [-0.2, -0.15) is 0 Å². The van der Waals surface area contributed by atoms with E-state index in [1.807, 2.05) is 12.1 Å². The van der Waals surface area contributed by atoms with Crippen LogP contribution < -0.4 is 0 Å². The van der Waals surface area contributed by atoms with Gasteiger partial charge in [0.15, 0.2) is 0 Å². The van der Waals surface area contributed by atoms with Crippen LogP contribution in [0, 0.1) is 5.92 Å². The van der Waals surface area contributed by atoms with E-state index in [4.69, 9.17) is 16.3 Å². The molecular weight excluding hydrogens is 226 g/mol. The predicted molar refractivity (Wildman–Crippen MR) is 63.4 cm³/mol. The maximum absolute atomic E-state index is 11.5. The Morgan fingerprint density at radius 1 is 1.62 bits per heavy atom. The first kappa shape index (κ1) is 11.1. The fourth-order valence-electron chi connectivity index (χ4n) is 1.68. The minimum absolute atomic E-state index is 0.216. The topological polar surface area (TPSA) is 38.7 Å². The molecule has 0 aromatic heterocycles. The minimum atomic E-state index is -0.270. The van der Waals surface area contributed by atoms with Crippen molar-refractivity contribution in [1.82, 2.24) is 0 Å². The lowest BCUT2D eigenvalue weighted by molar-refractivity contribution is -0.145. The second-order valence-corrected chi connectivity index (χ2v) is 4.05. The van der Waals surface area contributed by atoms with Gasteiger partial charge in [0, 0.05) is 11.2 Å². The van der Waals surface area contributed by atoms with Crippen LogP contribution in [0.15, 0.2) is 23.2 Å². The summed E-state index contributed by atoms with van der Waals surface area (Å²) in [5.74, 6) is -0.486. The fourth-order valence-corrected chi connectivity index (χ4v) is 1.85. The maximum Gasteiger partial charge on any atom is 0.314 e. The first-order valence-corrected chi connectivity index (χ1v) is 5.57. The molecule has 0 fully saturated rings. The predicted octanol–water partition coefficient (Wildman–Crippen LogP) is 2.78. The van der Waals surface area contributed by atoms with Gasteiger partial charge in [0.05, 0.1) is 18.2 Å². The largest absolute Gasteiger partial charge is 0.465 e. The number of hydrogen-bond acceptors (Lipinski definition) is 3. The van der Waals surface area contributed by atoms with Crippen LogP contribution in [0.4, 0.5) is 5.69 Å². The Morgan fingerprint density at radius 2 is 2.44 bits per heavy atom. The quantitative estimate of drug-likeness (QED) is 0.742. The van der Waals surface area contributed by atoms with Crippen LogP contribution in [0.25, 0.3) is 0 Å². The van der Waals surface area contributed by atoms with Crippen LogP contribution in [0.1, 0.15) is 12.5 Å². The third-order valence-electron chi connectivity index (χ3n) is 2.47. The highest BCUT2D eigenvalue weighted by Crippen LogP contribution is 2.29. The van der Waals surface area contributed by atoms with Gasteiger partial charge < -0.3 is 4.74 Å². The molecule has 0 radical (unpaired) electrons. The maximum atomic E-state index is 11.5. The Balaban J connectivity index is 2.19. The third kappa shape index (κ3) is 2.25. The molecule has 2 rings (SSSR count). The van der Waals surface area contributed by atoms with Crippen LogP contribution in [0.5, 0.6) is 0 Å². The number of ether oxygens (including phenoxy) is 1. The third-order valence-corrected chi connectivity index (χ3v) is 2.71. The van der Waals surface area contributed by atoms with Crippen LogP contribution >= 0.6 is 11.6 Å². The van der Waals surface area contributed by atoms with Crippen LogP contribution in [-0.4, -0.2) is 18.8 Å². The number of carbonyl (C=O) groups excluding carboxylic acids is 1. The van der Waals surface area contributed by atoms with Crippen molar-refractivity contribution in [3.8, 4) is 0 Å².